The van der Waals surface area contributed by atoms with Crippen molar-refractivity contribution in [2.24, 2.45) is 0 Å². The van der Waals surface area contributed by atoms with Gasteiger partial charge in [0, 0.05) is 30.5 Å². The van der Waals surface area contributed by atoms with Crippen molar-refractivity contribution in [3.63, 3.8) is 0 Å². The molecule has 0 radical (unpaired) electrons. The first kappa shape index (κ1) is 14.3. The maximum atomic E-state index is 13.1. The summed E-state index contributed by atoms with van der Waals surface area (Å²) < 4.78 is 13.1. The number of carbonyl (C=O) groups is 1. The largest absolute Gasteiger partial charge is 0.350 e. The van der Waals surface area contributed by atoms with E-state index in [2.05, 4.69) is 10.6 Å². The van der Waals surface area contributed by atoms with Gasteiger partial charge in [0.15, 0.2) is 0 Å². The smallest absolute Gasteiger partial charge is 0.222 e. The number of nitrogens with one attached hydrogen (secondary N) is 2. The molecule has 1 heterocycles. The molecule has 2 unspecified atom stereocenters. The summed E-state index contributed by atoms with van der Waals surface area (Å²) in [5.41, 5.74) is 0.791. The second-order valence-electron chi connectivity index (χ2n) is 4.77. The molecule has 2 N–H and O–H groups in total. The van der Waals surface area contributed by atoms with Crippen molar-refractivity contribution in [2.75, 3.05) is 18.1 Å². The SMILES string of the molecule is CC(NC(=O)CC1CSCCN1)c1cccc(F)c1. The number of halogens is 1. The van der Waals surface area contributed by atoms with Crippen LogP contribution < -0.4 is 10.6 Å². The number of hydrogen-bond acceptors (Lipinski definition) is 3. The highest BCUT2D eigenvalue weighted by atomic mass is 32.2. The zero-order valence-corrected chi connectivity index (χ0v) is 11.8. The molecule has 104 valence electrons. The number of amides is 1. The molecule has 0 aliphatic carbocycles. The van der Waals surface area contributed by atoms with Crippen LogP contribution in [-0.4, -0.2) is 30.0 Å². The minimum Gasteiger partial charge on any atom is -0.350 e. The molecule has 2 atom stereocenters. The van der Waals surface area contributed by atoms with Gasteiger partial charge >= 0.3 is 0 Å². The van der Waals surface area contributed by atoms with Crippen LogP contribution in [-0.2, 0) is 4.79 Å². The van der Waals surface area contributed by atoms with E-state index in [0.717, 1.165) is 23.6 Å². The van der Waals surface area contributed by atoms with Crippen molar-refractivity contribution in [3.05, 3.63) is 35.6 Å². The quantitative estimate of drug-likeness (QED) is 0.888. The molecule has 3 nitrogen and oxygen atoms in total. The molecule has 0 aromatic heterocycles. The van der Waals surface area contributed by atoms with Gasteiger partial charge in [-0.3, -0.25) is 4.79 Å². The van der Waals surface area contributed by atoms with Crippen molar-refractivity contribution < 1.29 is 9.18 Å². The number of carbonyl (C=O) groups excluding carboxylic acids is 1. The van der Waals surface area contributed by atoms with Gasteiger partial charge in [-0.15, -0.1) is 0 Å². The van der Waals surface area contributed by atoms with E-state index in [9.17, 15) is 9.18 Å². The monoisotopic (exact) mass is 282 g/mol. The second-order valence-corrected chi connectivity index (χ2v) is 5.92. The highest BCUT2D eigenvalue weighted by Gasteiger charge is 2.18. The highest BCUT2D eigenvalue weighted by molar-refractivity contribution is 7.99. The minimum absolute atomic E-state index is 0.0109. The zero-order valence-electron chi connectivity index (χ0n) is 11.0. The summed E-state index contributed by atoms with van der Waals surface area (Å²) in [6.45, 7) is 2.83. The van der Waals surface area contributed by atoms with Gasteiger partial charge in [0.25, 0.3) is 0 Å². The first-order valence-corrected chi connectivity index (χ1v) is 7.66. The van der Waals surface area contributed by atoms with Crippen molar-refractivity contribution in [3.8, 4) is 0 Å². The third-order valence-electron chi connectivity index (χ3n) is 3.16. The maximum absolute atomic E-state index is 13.1. The Hall–Kier alpha value is -1.07. The summed E-state index contributed by atoms with van der Waals surface area (Å²) in [5, 5.41) is 6.25. The van der Waals surface area contributed by atoms with E-state index in [1.165, 1.54) is 12.1 Å². The molecule has 1 fully saturated rings. The van der Waals surface area contributed by atoms with Crippen LogP contribution in [0.3, 0.4) is 0 Å². The van der Waals surface area contributed by atoms with Crippen LogP contribution in [0, 0.1) is 5.82 Å². The van der Waals surface area contributed by atoms with Gasteiger partial charge in [-0.1, -0.05) is 12.1 Å². The lowest BCUT2D eigenvalue weighted by molar-refractivity contribution is -0.122. The van der Waals surface area contributed by atoms with Crippen LogP contribution in [0.4, 0.5) is 4.39 Å². The Morgan fingerprint density at radius 1 is 1.63 bits per heavy atom. The molecule has 19 heavy (non-hydrogen) atoms. The summed E-state index contributed by atoms with van der Waals surface area (Å²) in [6.07, 6.45) is 0.479. The molecular weight excluding hydrogens is 263 g/mol. The third kappa shape index (κ3) is 4.51. The molecule has 1 aliphatic heterocycles. The van der Waals surface area contributed by atoms with E-state index in [1.807, 2.05) is 24.8 Å². The van der Waals surface area contributed by atoms with Crippen LogP contribution in [0.15, 0.2) is 24.3 Å². The standard InChI is InChI=1S/C14H19FN2OS/c1-10(11-3-2-4-12(15)7-11)17-14(18)8-13-9-19-6-5-16-13/h2-4,7,10,13,16H,5-6,8-9H2,1H3,(H,17,18). The van der Waals surface area contributed by atoms with Crippen LogP contribution in [0.25, 0.3) is 0 Å². The lowest BCUT2D eigenvalue weighted by Gasteiger charge is -2.23. The lowest BCUT2D eigenvalue weighted by Crippen LogP contribution is -2.41. The van der Waals surface area contributed by atoms with Crippen LogP contribution in [0.1, 0.15) is 24.9 Å². The Balaban J connectivity index is 1.84. The van der Waals surface area contributed by atoms with Crippen molar-refractivity contribution in [2.45, 2.75) is 25.4 Å². The summed E-state index contributed by atoms with van der Waals surface area (Å²) in [6, 6.07) is 6.42. The Labute approximate surface area is 117 Å². The minimum atomic E-state index is -0.274. The van der Waals surface area contributed by atoms with Gasteiger partial charge in [0.05, 0.1) is 6.04 Å². The topological polar surface area (TPSA) is 41.1 Å². The number of hydrogen-bond donors (Lipinski definition) is 2. The number of thioether (sulfide) groups is 1. The van der Waals surface area contributed by atoms with Crippen LogP contribution in [0.5, 0.6) is 0 Å². The fourth-order valence-electron chi connectivity index (χ4n) is 2.13. The fourth-order valence-corrected chi connectivity index (χ4v) is 3.08. The van der Waals surface area contributed by atoms with Crippen LogP contribution in [0.2, 0.25) is 0 Å². The lowest BCUT2D eigenvalue weighted by atomic mass is 10.1. The molecule has 0 bridgehead atoms. The Morgan fingerprint density at radius 2 is 2.47 bits per heavy atom. The molecule has 1 aromatic carbocycles. The van der Waals surface area contributed by atoms with Crippen molar-refractivity contribution >= 4 is 17.7 Å². The third-order valence-corrected chi connectivity index (χ3v) is 4.29. The molecule has 0 spiro atoms. The summed E-state index contributed by atoms with van der Waals surface area (Å²) in [5.74, 6) is 1.82. The van der Waals surface area contributed by atoms with Crippen LogP contribution >= 0.6 is 11.8 Å². The van der Waals surface area contributed by atoms with Gasteiger partial charge in [0.2, 0.25) is 5.91 Å². The van der Waals surface area contributed by atoms with Crippen molar-refractivity contribution in [1.82, 2.24) is 10.6 Å². The highest BCUT2D eigenvalue weighted by Crippen LogP contribution is 2.15. The van der Waals surface area contributed by atoms with Crippen molar-refractivity contribution in [1.29, 1.82) is 0 Å². The van der Waals surface area contributed by atoms with Gasteiger partial charge < -0.3 is 10.6 Å². The first-order valence-electron chi connectivity index (χ1n) is 6.51. The molecule has 1 saturated heterocycles. The van der Waals surface area contributed by atoms with E-state index >= 15 is 0 Å². The van der Waals surface area contributed by atoms with Gasteiger partial charge in [0.1, 0.15) is 5.82 Å². The van der Waals surface area contributed by atoms with E-state index in [-0.39, 0.29) is 23.8 Å². The second kappa shape index (κ2) is 6.91. The Morgan fingerprint density at radius 3 is 3.16 bits per heavy atom. The predicted molar refractivity (Wildman–Crippen MR) is 76.7 cm³/mol. The molecule has 5 heteroatoms. The first-order chi connectivity index (χ1) is 9.15. The van der Waals surface area contributed by atoms with Gasteiger partial charge in [-0.2, -0.15) is 11.8 Å². The molecule has 2 rings (SSSR count). The summed E-state index contributed by atoms with van der Waals surface area (Å²) in [4.78, 5) is 11.9. The average Bonchev–Trinajstić information content (AvgIpc) is 2.39. The fraction of sp³-hybridized carbons (Fsp3) is 0.500. The van der Waals surface area contributed by atoms with Gasteiger partial charge in [-0.05, 0) is 24.6 Å². The number of benzene rings is 1. The average molecular weight is 282 g/mol. The molecule has 1 aliphatic rings. The van der Waals surface area contributed by atoms with Gasteiger partial charge in [-0.25, -0.2) is 4.39 Å². The summed E-state index contributed by atoms with van der Waals surface area (Å²) >= 11 is 1.87. The Kier molecular flexibility index (Phi) is 5.22. The summed E-state index contributed by atoms with van der Waals surface area (Å²) in [7, 11) is 0. The molecule has 1 amide bonds. The predicted octanol–water partition coefficient (Wildman–Crippen LogP) is 2.10. The zero-order chi connectivity index (χ0) is 13.7. The maximum Gasteiger partial charge on any atom is 0.222 e. The molecule has 1 aromatic rings. The Bertz CT molecular complexity index is 435. The molecule has 0 saturated carbocycles. The number of rotatable bonds is 4. The van der Waals surface area contributed by atoms with E-state index < -0.39 is 0 Å². The van der Waals surface area contributed by atoms with E-state index in [1.54, 1.807) is 6.07 Å². The molecular formula is C14H19FN2OS. The van der Waals surface area contributed by atoms with E-state index in [4.69, 9.17) is 0 Å². The van der Waals surface area contributed by atoms with E-state index in [0.29, 0.717) is 6.42 Å². The normalized spacial score (nSPS) is 20.8.